The number of carboxylic acid groups (broad SMARTS) is 1. The highest BCUT2D eigenvalue weighted by atomic mass is 19.1. The van der Waals surface area contributed by atoms with Crippen LogP contribution in [0.3, 0.4) is 0 Å². The molecule has 4 heteroatoms. The predicted octanol–water partition coefficient (Wildman–Crippen LogP) is 3.15. The highest BCUT2D eigenvalue weighted by Crippen LogP contribution is 2.35. The fourth-order valence-corrected chi connectivity index (χ4v) is 2.19. The Hall–Kier alpha value is -1.58. The number of benzene rings is 1. The molecule has 0 bridgehead atoms. The quantitative estimate of drug-likeness (QED) is 0.874. The average Bonchev–Trinajstić information content (AvgIpc) is 3.08. The lowest BCUT2D eigenvalue weighted by molar-refractivity contribution is 0.0692. The van der Waals surface area contributed by atoms with E-state index in [0.29, 0.717) is 17.6 Å². The lowest BCUT2D eigenvalue weighted by Crippen LogP contribution is -2.31. The second-order valence-corrected chi connectivity index (χ2v) is 5.22. The van der Waals surface area contributed by atoms with Crippen molar-refractivity contribution in [1.29, 1.82) is 0 Å². The van der Waals surface area contributed by atoms with Crippen LogP contribution in [0.5, 0.6) is 0 Å². The average molecular weight is 251 g/mol. The van der Waals surface area contributed by atoms with Crippen molar-refractivity contribution in [3.8, 4) is 0 Å². The number of nitrogens with zero attached hydrogens (tertiary/aromatic N) is 1. The molecule has 3 nitrogen and oxygen atoms in total. The Balaban J connectivity index is 2.40. The first-order chi connectivity index (χ1) is 8.50. The van der Waals surface area contributed by atoms with E-state index >= 15 is 0 Å². The summed E-state index contributed by atoms with van der Waals surface area (Å²) in [5.74, 6) is -1.44. The number of aromatic carboxylic acids is 1. The standard InChI is InChI=1S/C14H18FNO2/c1-9(2)8-16(10-6-7-10)12-5-3-4-11(15)13(12)14(17)18/h3-5,9-10H,6-8H2,1-2H3,(H,17,18). The van der Waals surface area contributed by atoms with Gasteiger partial charge in [0.1, 0.15) is 11.4 Å². The van der Waals surface area contributed by atoms with Crippen molar-refractivity contribution in [3.05, 3.63) is 29.6 Å². The number of hydrogen-bond acceptors (Lipinski definition) is 2. The minimum Gasteiger partial charge on any atom is -0.478 e. The highest BCUT2D eigenvalue weighted by molar-refractivity contribution is 5.95. The first-order valence-corrected chi connectivity index (χ1v) is 6.29. The van der Waals surface area contributed by atoms with E-state index in [0.717, 1.165) is 19.4 Å². The first kappa shape index (κ1) is 12.9. The van der Waals surface area contributed by atoms with Gasteiger partial charge in [-0.15, -0.1) is 0 Å². The molecule has 1 aliphatic rings. The van der Waals surface area contributed by atoms with Gasteiger partial charge in [0, 0.05) is 12.6 Å². The van der Waals surface area contributed by atoms with E-state index in [1.165, 1.54) is 6.07 Å². The summed E-state index contributed by atoms with van der Waals surface area (Å²) >= 11 is 0. The molecule has 0 spiro atoms. The molecule has 0 amide bonds. The summed E-state index contributed by atoms with van der Waals surface area (Å²) in [5, 5.41) is 9.17. The molecule has 1 aromatic rings. The van der Waals surface area contributed by atoms with Gasteiger partial charge in [-0.25, -0.2) is 9.18 Å². The molecule has 1 saturated carbocycles. The van der Waals surface area contributed by atoms with Gasteiger partial charge in [0.25, 0.3) is 0 Å². The molecule has 0 atom stereocenters. The molecule has 1 fully saturated rings. The van der Waals surface area contributed by atoms with Gasteiger partial charge < -0.3 is 10.0 Å². The Labute approximate surface area is 106 Å². The van der Waals surface area contributed by atoms with Crippen LogP contribution in [-0.2, 0) is 0 Å². The summed E-state index contributed by atoms with van der Waals surface area (Å²) in [6, 6.07) is 4.85. The summed E-state index contributed by atoms with van der Waals surface area (Å²) in [7, 11) is 0. The zero-order chi connectivity index (χ0) is 13.3. The SMILES string of the molecule is CC(C)CN(c1cccc(F)c1C(=O)O)C1CC1. The number of anilines is 1. The van der Waals surface area contributed by atoms with Gasteiger partial charge >= 0.3 is 5.97 Å². The third-order valence-corrected chi connectivity index (χ3v) is 3.06. The van der Waals surface area contributed by atoms with Crippen molar-refractivity contribution in [2.75, 3.05) is 11.4 Å². The smallest absolute Gasteiger partial charge is 0.340 e. The summed E-state index contributed by atoms with van der Waals surface area (Å²) in [6.45, 7) is 4.92. The normalized spacial score (nSPS) is 14.9. The molecular formula is C14H18FNO2. The van der Waals surface area contributed by atoms with Gasteiger partial charge in [-0.3, -0.25) is 0 Å². The van der Waals surface area contributed by atoms with Crippen molar-refractivity contribution in [3.63, 3.8) is 0 Å². The van der Waals surface area contributed by atoms with Crippen LogP contribution in [-0.4, -0.2) is 23.7 Å². The molecule has 0 heterocycles. The van der Waals surface area contributed by atoms with E-state index in [2.05, 4.69) is 13.8 Å². The zero-order valence-electron chi connectivity index (χ0n) is 10.7. The number of hydrogen-bond donors (Lipinski definition) is 1. The van der Waals surface area contributed by atoms with Gasteiger partial charge in [0.2, 0.25) is 0 Å². The summed E-state index contributed by atoms with van der Waals surface area (Å²) in [4.78, 5) is 13.2. The third kappa shape index (κ3) is 2.63. The topological polar surface area (TPSA) is 40.5 Å². The zero-order valence-corrected chi connectivity index (χ0v) is 10.7. The number of rotatable bonds is 5. The monoisotopic (exact) mass is 251 g/mol. The fourth-order valence-electron chi connectivity index (χ4n) is 2.19. The Morgan fingerprint density at radius 3 is 2.67 bits per heavy atom. The van der Waals surface area contributed by atoms with Crippen molar-refractivity contribution in [2.24, 2.45) is 5.92 Å². The Bertz CT molecular complexity index is 455. The lowest BCUT2D eigenvalue weighted by atomic mass is 10.1. The maximum absolute atomic E-state index is 13.7. The second-order valence-electron chi connectivity index (χ2n) is 5.22. The minimum atomic E-state index is -1.20. The van der Waals surface area contributed by atoms with Crippen LogP contribution >= 0.6 is 0 Å². The fraction of sp³-hybridized carbons (Fsp3) is 0.500. The summed E-state index contributed by atoms with van der Waals surface area (Å²) < 4.78 is 13.7. The first-order valence-electron chi connectivity index (χ1n) is 6.29. The molecule has 0 aromatic heterocycles. The highest BCUT2D eigenvalue weighted by Gasteiger charge is 2.32. The summed E-state index contributed by atoms with van der Waals surface area (Å²) in [5.41, 5.74) is 0.309. The molecule has 1 aliphatic carbocycles. The van der Waals surface area contributed by atoms with Crippen molar-refractivity contribution >= 4 is 11.7 Å². The van der Waals surface area contributed by atoms with Crippen LogP contribution in [0.2, 0.25) is 0 Å². The Kier molecular flexibility index (Phi) is 3.55. The molecule has 0 aliphatic heterocycles. The Morgan fingerprint density at radius 1 is 1.50 bits per heavy atom. The molecule has 1 aromatic carbocycles. The molecule has 0 unspecified atom stereocenters. The summed E-state index contributed by atoms with van der Waals surface area (Å²) in [6.07, 6.45) is 2.12. The minimum absolute atomic E-state index is 0.204. The second kappa shape index (κ2) is 4.96. The van der Waals surface area contributed by atoms with Crippen molar-refractivity contribution in [2.45, 2.75) is 32.7 Å². The number of carboxylic acids is 1. The molecule has 2 rings (SSSR count). The van der Waals surface area contributed by atoms with Crippen LogP contribution in [0, 0.1) is 11.7 Å². The molecule has 0 saturated heterocycles. The van der Waals surface area contributed by atoms with E-state index < -0.39 is 11.8 Å². The van der Waals surface area contributed by atoms with Crippen LogP contribution < -0.4 is 4.90 Å². The largest absolute Gasteiger partial charge is 0.478 e. The van der Waals surface area contributed by atoms with E-state index in [4.69, 9.17) is 5.11 Å². The van der Waals surface area contributed by atoms with Crippen LogP contribution in [0.4, 0.5) is 10.1 Å². The molecule has 98 valence electrons. The molecular weight excluding hydrogens is 233 g/mol. The lowest BCUT2D eigenvalue weighted by Gasteiger charge is -2.28. The van der Waals surface area contributed by atoms with Crippen molar-refractivity contribution in [1.82, 2.24) is 0 Å². The van der Waals surface area contributed by atoms with Gasteiger partial charge in [0.15, 0.2) is 0 Å². The maximum atomic E-state index is 13.7. The molecule has 0 radical (unpaired) electrons. The van der Waals surface area contributed by atoms with E-state index in [1.54, 1.807) is 12.1 Å². The molecule has 1 N–H and O–H groups in total. The van der Waals surface area contributed by atoms with Crippen LogP contribution in [0.25, 0.3) is 0 Å². The van der Waals surface area contributed by atoms with Gasteiger partial charge in [-0.1, -0.05) is 19.9 Å². The van der Waals surface area contributed by atoms with E-state index in [9.17, 15) is 9.18 Å². The van der Waals surface area contributed by atoms with Gasteiger partial charge in [-0.05, 0) is 30.9 Å². The van der Waals surface area contributed by atoms with E-state index in [-0.39, 0.29) is 5.56 Å². The number of carbonyl (C=O) groups is 1. The van der Waals surface area contributed by atoms with Gasteiger partial charge in [-0.2, -0.15) is 0 Å². The maximum Gasteiger partial charge on any atom is 0.340 e. The van der Waals surface area contributed by atoms with Gasteiger partial charge in [0.05, 0.1) is 5.69 Å². The van der Waals surface area contributed by atoms with E-state index in [1.807, 2.05) is 4.90 Å². The predicted molar refractivity (Wildman–Crippen MR) is 68.6 cm³/mol. The van der Waals surface area contributed by atoms with Crippen LogP contribution in [0.15, 0.2) is 18.2 Å². The number of halogens is 1. The third-order valence-electron chi connectivity index (χ3n) is 3.06. The molecule has 18 heavy (non-hydrogen) atoms. The Morgan fingerprint density at radius 2 is 2.17 bits per heavy atom. The van der Waals surface area contributed by atoms with Crippen LogP contribution in [0.1, 0.15) is 37.0 Å². The van der Waals surface area contributed by atoms with Crippen molar-refractivity contribution < 1.29 is 14.3 Å².